The molecule has 0 saturated carbocycles. The Morgan fingerprint density at radius 3 is 2.29 bits per heavy atom. The van der Waals surface area contributed by atoms with Crippen molar-refractivity contribution in [1.82, 2.24) is 10.2 Å². The SMILES string of the molecule is CCc1ccc(N(C)c2ccc(N)nn2)cc1. The normalized spacial score (nSPS) is 10.2. The van der Waals surface area contributed by atoms with Gasteiger partial charge in [-0.2, -0.15) is 0 Å². The fourth-order valence-corrected chi connectivity index (χ4v) is 1.60. The van der Waals surface area contributed by atoms with Crippen LogP contribution in [0.3, 0.4) is 0 Å². The summed E-state index contributed by atoms with van der Waals surface area (Å²) >= 11 is 0. The van der Waals surface area contributed by atoms with Crippen LogP contribution in [0.4, 0.5) is 17.3 Å². The van der Waals surface area contributed by atoms with Crippen LogP contribution in [-0.4, -0.2) is 17.2 Å². The number of rotatable bonds is 3. The van der Waals surface area contributed by atoms with Gasteiger partial charge < -0.3 is 10.6 Å². The van der Waals surface area contributed by atoms with Crippen LogP contribution in [-0.2, 0) is 6.42 Å². The lowest BCUT2D eigenvalue weighted by Gasteiger charge is -2.17. The molecule has 0 unspecified atom stereocenters. The fourth-order valence-electron chi connectivity index (χ4n) is 1.60. The first-order chi connectivity index (χ1) is 8.20. The minimum absolute atomic E-state index is 0.434. The van der Waals surface area contributed by atoms with Gasteiger partial charge in [-0.25, -0.2) is 0 Å². The number of hydrogen-bond acceptors (Lipinski definition) is 4. The van der Waals surface area contributed by atoms with Crippen LogP contribution in [0.15, 0.2) is 36.4 Å². The Bertz CT molecular complexity index is 476. The van der Waals surface area contributed by atoms with E-state index in [4.69, 9.17) is 5.73 Å². The van der Waals surface area contributed by atoms with Gasteiger partial charge in [0.2, 0.25) is 0 Å². The van der Waals surface area contributed by atoms with E-state index < -0.39 is 0 Å². The highest BCUT2D eigenvalue weighted by molar-refractivity contribution is 5.59. The molecule has 4 nitrogen and oxygen atoms in total. The molecule has 1 heterocycles. The summed E-state index contributed by atoms with van der Waals surface area (Å²) in [4.78, 5) is 1.98. The summed E-state index contributed by atoms with van der Waals surface area (Å²) in [6.07, 6.45) is 1.05. The number of nitrogen functional groups attached to an aromatic ring is 1. The molecule has 0 amide bonds. The Labute approximate surface area is 101 Å². The molecule has 2 rings (SSSR count). The summed E-state index contributed by atoms with van der Waals surface area (Å²) in [5.41, 5.74) is 7.92. The third-order valence-electron chi connectivity index (χ3n) is 2.75. The first-order valence-electron chi connectivity index (χ1n) is 5.62. The van der Waals surface area contributed by atoms with Gasteiger partial charge >= 0.3 is 0 Å². The molecule has 0 radical (unpaired) electrons. The quantitative estimate of drug-likeness (QED) is 0.876. The molecule has 0 aliphatic carbocycles. The highest BCUT2D eigenvalue weighted by Crippen LogP contribution is 2.21. The van der Waals surface area contributed by atoms with Crippen LogP contribution in [0.5, 0.6) is 0 Å². The summed E-state index contributed by atoms with van der Waals surface area (Å²) in [5, 5.41) is 7.89. The second kappa shape index (κ2) is 4.82. The average molecular weight is 228 g/mol. The van der Waals surface area contributed by atoms with E-state index in [0.717, 1.165) is 17.9 Å². The molecule has 1 aromatic carbocycles. The molecule has 4 heteroatoms. The van der Waals surface area contributed by atoms with E-state index in [1.807, 2.05) is 18.0 Å². The van der Waals surface area contributed by atoms with Crippen molar-refractivity contribution in [3.8, 4) is 0 Å². The summed E-state index contributed by atoms with van der Waals surface area (Å²) in [7, 11) is 1.96. The van der Waals surface area contributed by atoms with Crippen LogP contribution in [0.2, 0.25) is 0 Å². The minimum atomic E-state index is 0.434. The van der Waals surface area contributed by atoms with E-state index in [2.05, 4.69) is 41.4 Å². The largest absolute Gasteiger partial charge is 0.382 e. The lowest BCUT2D eigenvalue weighted by molar-refractivity contribution is 0.995. The molecule has 17 heavy (non-hydrogen) atoms. The molecule has 0 aliphatic rings. The zero-order valence-corrected chi connectivity index (χ0v) is 10.1. The number of aryl methyl sites for hydroxylation is 1. The minimum Gasteiger partial charge on any atom is -0.382 e. The second-order valence-corrected chi connectivity index (χ2v) is 3.90. The molecule has 2 N–H and O–H groups in total. The van der Waals surface area contributed by atoms with Crippen LogP contribution >= 0.6 is 0 Å². The molecular formula is C13H16N4. The highest BCUT2D eigenvalue weighted by Gasteiger charge is 2.05. The van der Waals surface area contributed by atoms with Crippen molar-refractivity contribution in [3.05, 3.63) is 42.0 Å². The molecule has 1 aromatic heterocycles. The summed E-state index contributed by atoms with van der Waals surface area (Å²) in [6.45, 7) is 2.14. The lowest BCUT2D eigenvalue weighted by Crippen LogP contribution is -2.12. The second-order valence-electron chi connectivity index (χ2n) is 3.90. The maximum atomic E-state index is 5.51. The molecule has 0 saturated heterocycles. The molecule has 0 aliphatic heterocycles. The van der Waals surface area contributed by atoms with E-state index in [1.54, 1.807) is 6.07 Å². The Morgan fingerprint density at radius 2 is 1.76 bits per heavy atom. The monoisotopic (exact) mass is 228 g/mol. The van der Waals surface area contributed by atoms with E-state index in [1.165, 1.54) is 5.56 Å². The number of aromatic nitrogens is 2. The van der Waals surface area contributed by atoms with Crippen molar-refractivity contribution in [2.75, 3.05) is 17.7 Å². The van der Waals surface area contributed by atoms with Crippen molar-refractivity contribution in [2.45, 2.75) is 13.3 Å². The van der Waals surface area contributed by atoms with Crippen molar-refractivity contribution in [1.29, 1.82) is 0 Å². The smallest absolute Gasteiger partial charge is 0.155 e. The van der Waals surface area contributed by atoms with Crippen LogP contribution in [0, 0.1) is 0 Å². The highest BCUT2D eigenvalue weighted by atomic mass is 15.3. The Balaban J connectivity index is 2.23. The summed E-state index contributed by atoms with van der Waals surface area (Å²) in [5.74, 6) is 1.21. The van der Waals surface area contributed by atoms with Crippen LogP contribution in [0.25, 0.3) is 0 Å². The van der Waals surface area contributed by atoms with Crippen molar-refractivity contribution in [3.63, 3.8) is 0 Å². The Morgan fingerprint density at radius 1 is 1.06 bits per heavy atom. The van der Waals surface area contributed by atoms with Gasteiger partial charge in [-0.3, -0.25) is 0 Å². The number of anilines is 3. The number of nitrogens with two attached hydrogens (primary N) is 1. The van der Waals surface area contributed by atoms with Crippen molar-refractivity contribution in [2.24, 2.45) is 0 Å². The predicted octanol–water partition coefficient (Wildman–Crippen LogP) is 2.39. The summed E-state index contributed by atoms with van der Waals surface area (Å²) < 4.78 is 0. The molecule has 2 aromatic rings. The fraction of sp³-hybridized carbons (Fsp3) is 0.231. The molecule has 0 bridgehead atoms. The van der Waals surface area contributed by atoms with E-state index >= 15 is 0 Å². The third kappa shape index (κ3) is 2.53. The standard InChI is InChI=1S/C13H16N4/c1-3-10-4-6-11(7-5-10)17(2)13-9-8-12(14)15-16-13/h4-9H,3H2,1-2H3,(H2,14,15). The predicted molar refractivity (Wildman–Crippen MR) is 70.3 cm³/mol. The average Bonchev–Trinajstić information content (AvgIpc) is 2.39. The summed E-state index contributed by atoms with van der Waals surface area (Å²) in [6, 6.07) is 12.0. The van der Waals surface area contributed by atoms with Gasteiger partial charge in [0.05, 0.1) is 0 Å². The first kappa shape index (κ1) is 11.4. The van der Waals surface area contributed by atoms with Gasteiger partial charge in [-0.15, -0.1) is 10.2 Å². The Kier molecular flexibility index (Phi) is 3.23. The van der Waals surface area contributed by atoms with Crippen molar-refractivity contribution >= 4 is 17.3 Å². The number of hydrogen-bond donors (Lipinski definition) is 1. The van der Waals surface area contributed by atoms with Gasteiger partial charge in [0, 0.05) is 12.7 Å². The molecule has 88 valence electrons. The molecular weight excluding hydrogens is 212 g/mol. The van der Waals surface area contributed by atoms with Gasteiger partial charge in [-0.1, -0.05) is 19.1 Å². The lowest BCUT2D eigenvalue weighted by atomic mass is 10.1. The topological polar surface area (TPSA) is 55.0 Å². The van der Waals surface area contributed by atoms with Crippen LogP contribution in [0.1, 0.15) is 12.5 Å². The maximum absolute atomic E-state index is 5.51. The number of nitrogens with zero attached hydrogens (tertiary/aromatic N) is 3. The van der Waals surface area contributed by atoms with E-state index in [0.29, 0.717) is 5.82 Å². The Hall–Kier alpha value is -2.10. The third-order valence-corrected chi connectivity index (χ3v) is 2.75. The van der Waals surface area contributed by atoms with Gasteiger partial charge in [0.15, 0.2) is 5.82 Å². The van der Waals surface area contributed by atoms with E-state index in [9.17, 15) is 0 Å². The zero-order chi connectivity index (χ0) is 12.3. The van der Waals surface area contributed by atoms with Gasteiger partial charge in [0.25, 0.3) is 0 Å². The maximum Gasteiger partial charge on any atom is 0.155 e. The van der Waals surface area contributed by atoms with E-state index in [-0.39, 0.29) is 0 Å². The molecule has 0 spiro atoms. The van der Waals surface area contributed by atoms with Crippen molar-refractivity contribution < 1.29 is 0 Å². The zero-order valence-electron chi connectivity index (χ0n) is 10.1. The molecule has 0 fully saturated rings. The van der Waals surface area contributed by atoms with Gasteiger partial charge in [-0.05, 0) is 36.2 Å². The number of benzene rings is 1. The van der Waals surface area contributed by atoms with Gasteiger partial charge in [0.1, 0.15) is 5.82 Å². The molecule has 0 atom stereocenters. The van der Waals surface area contributed by atoms with Crippen LogP contribution < -0.4 is 10.6 Å². The first-order valence-corrected chi connectivity index (χ1v) is 5.62.